The van der Waals surface area contributed by atoms with E-state index in [0.29, 0.717) is 23.4 Å². The van der Waals surface area contributed by atoms with E-state index in [1.807, 2.05) is 0 Å². The van der Waals surface area contributed by atoms with E-state index < -0.39 is 0 Å². The highest BCUT2D eigenvalue weighted by atomic mass is 16.5. The Balaban J connectivity index is 2.13. The van der Waals surface area contributed by atoms with Crippen LogP contribution in [0, 0.1) is 0 Å². The number of carbonyl (C=O) groups excluding carboxylic acids is 1. The van der Waals surface area contributed by atoms with Gasteiger partial charge in [-0.15, -0.1) is 0 Å². The molecule has 0 bridgehead atoms. The highest BCUT2D eigenvalue weighted by Crippen LogP contribution is 2.40. The van der Waals surface area contributed by atoms with Crippen molar-refractivity contribution in [2.45, 2.75) is 32.7 Å². The Kier molecular flexibility index (Phi) is 4.07. The first kappa shape index (κ1) is 14.9. The van der Waals surface area contributed by atoms with Crippen LogP contribution in [0.5, 0.6) is 11.5 Å². The minimum Gasteiger partial charge on any atom is -0.506 e. The molecule has 22 heavy (non-hydrogen) atoms. The number of furan rings is 1. The predicted molar refractivity (Wildman–Crippen MR) is 82.7 cm³/mol. The van der Waals surface area contributed by atoms with Gasteiger partial charge in [-0.3, -0.25) is 4.79 Å². The molecule has 0 aliphatic carbocycles. The quantitative estimate of drug-likeness (QED) is 0.847. The number of nitrogens with one attached hydrogen (secondary N) is 1. The Bertz CT molecular complexity index is 698. The number of quaternary nitrogens is 1. The van der Waals surface area contributed by atoms with E-state index in [1.165, 1.54) is 38.2 Å². The van der Waals surface area contributed by atoms with Gasteiger partial charge in [0.2, 0.25) is 0 Å². The van der Waals surface area contributed by atoms with E-state index in [1.54, 1.807) is 12.3 Å². The molecule has 5 nitrogen and oxygen atoms in total. The zero-order chi connectivity index (χ0) is 15.7. The van der Waals surface area contributed by atoms with Gasteiger partial charge in [0.05, 0.1) is 37.4 Å². The number of fused-ring (bicyclic) bond motifs is 1. The number of phenolic OH excluding ortho intramolecular Hbond substituents is 1. The number of benzene rings is 1. The van der Waals surface area contributed by atoms with E-state index in [9.17, 15) is 9.90 Å². The first-order valence-corrected chi connectivity index (χ1v) is 7.77. The van der Waals surface area contributed by atoms with Crippen molar-refractivity contribution in [3.05, 3.63) is 23.5 Å². The van der Waals surface area contributed by atoms with Crippen LogP contribution in [0.4, 0.5) is 0 Å². The lowest BCUT2D eigenvalue weighted by molar-refractivity contribution is -0.918. The monoisotopic (exact) mass is 304 g/mol. The van der Waals surface area contributed by atoms with Crippen molar-refractivity contribution >= 4 is 16.8 Å². The Morgan fingerprint density at radius 1 is 1.36 bits per heavy atom. The molecule has 0 saturated carbocycles. The van der Waals surface area contributed by atoms with Crippen molar-refractivity contribution in [3.8, 4) is 11.5 Å². The minimum absolute atomic E-state index is 0.00451. The normalized spacial score (nSPS) is 16.1. The van der Waals surface area contributed by atoms with Gasteiger partial charge in [0, 0.05) is 0 Å². The number of ketones is 1. The molecule has 2 aromatic rings. The number of rotatable bonds is 4. The topological polar surface area (TPSA) is 64.1 Å². The molecule has 1 fully saturated rings. The fourth-order valence-corrected chi connectivity index (χ4v) is 3.40. The number of carbonyl (C=O) groups is 1. The molecule has 1 saturated heterocycles. The summed E-state index contributed by atoms with van der Waals surface area (Å²) in [6, 6.07) is 1.79. The van der Waals surface area contributed by atoms with Gasteiger partial charge < -0.3 is 19.2 Å². The summed E-state index contributed by atoms with van der Waals surface area (Å²) in [7, 11) is 1.50. The van der Waals surface area contributed by atoms with E-state index in [4.69, 9.17) is 9.15 Å². The van der Waals surface area contributed by atoms with Crippen molar-refractivity contribution in [1.82, 2.24) is 0 Å². The average molecular weight is 304 g/mol. The highest BCUT2D eigenvalue weighted by molar-refractivity contribution is 6.06. The predicted octanol–water partition coefficient (Wildman–Crippen LogP) is 1.92. The lowest BCUT2D eigenvalue weighted by atomic mass is 9.99. The van der Waals surface area contributed by atoms with E-state index in [2.05, 4.69) is 0 Å². The highest BCUT2D eigenvalue weighted by Gasteiger charge is 2.27. The van der Waals surface area contributed by atoms with Gasteiger partial charge in [-0.1, -0.05) is 0 Å². The number of aromatic hydroxyl groups is 1. The number of piperidine rings is 1. The van der Waals surface area contributed by atoms with Gasteiger partial charge in [0.15, 0.2) is 5.78 Å². The largest absolute Gasteiger partial charge is 0.506 e. The van der Waals surface area contributed by atoms with Crippen LogP contribution in [0.1, 0.15) is 42.1 Å². The first-order chi connectivity index (χ1) is 10.6. The summed E-state index contributed by atoms with van der Waals surface area (Å²) in [6.07, 6.45) is 5.25. The van der Waals surface area contributed by atoms with Crippen molar-refractivity contribution in [1.29, 1.82) is 0 Å². The Morgan fingerprint density at radius 2 is 2.09 bits per heavy atom. The fraction of sp³-hybridized carbons (Fsp3) is 0.471. The molecular weight excluding hydrogens is 282 g/mol. The summed E-state index contributed by atoms with van der Waals surface area (Å²) < 4.78 is 10.9. The number of methoxy groups -OCH3 is 1. The standard InChI is InChI=1S/C17H21NO4/c1-11(19)14-15(20)13(10-18-7-4-3-5-8-18)16-12(6-9-22-16)17(14)21-2/h6,9,20H,3-5,7-8,10H2,1-2H3/p+1. The SMILES string of the molecule is COc1c(C(C)=O)c(O)c(C[NH+]2CCCCC2)c2occc12. The molecule has 0 unspecified atom stereocenters. The molecular formula is C17H22NO4+. The van der Waals surface area contributed by atoms with Crippen molar-refractivity contribution in [2.75, 3.05) is 20.2 Å². The van der Waals surface area contributed by atoms with E-state index in [0.717, 1.165) is 18.5 Å². The lowest BCUT2D eigenvalue weighted by Gasteiger charge is -2.24. The second-order valence-corrected chi connectivity index (χ2v) is 5.94. The number of hydrogen-bond donors (Lipinski definition) is 2. The number of ether oxygens (including phenoxy) is 1. The molecule has 1 aliphatic heterocycles. The van der Waals surface area contributed by atoms with Gasteiger partial charge in [-0.25, -0.2) is 0 Å². The zero-order valence-corrected chi connectivity index (χ0v) is 13.1. The number of Topliss-reactive ketones (excluding diaryl/α,β-unsaturated/α-hetero) is 1. The third kappa shape index (κ3) is 2.46. The lowest BCUT2D eigenvalue weighted by Crippen LogP contribution is -3.11. The smallest absolute Gasteiger partial charge is 0.167 e. The molecule has 1 aromatic carbocycles. The molecule has 0 spiro atoms. The fourth-order valence-electron chi connectivity index (χ4n) is 3.40. The first-order valence-electron chi connectivity index (χ1n) is 7.77. The maximum absolute atomic E-state index is 12.0. The van der Waals surface area contributed by atoms with E-state index >= 15 is 0 Å². The molecule has 3 rings (SSSR count). The zero-order valence-electron chi connectivity index (χ0n) is 13.1. The molecule has 1 aliphatic rings. The Hall–Kier alpha value is -2.01. The number of phenols is 1. The van der Waals surface area contributed by atoms with Crippen LogP contribution in [0.15, 0.2) is 16.7 Å². The van der Waals surface area contributed by atoms with Crippen LogP contribution in [0.25, 0.3) is 11.0 Å². The Labute approximate surface area is 129 Å². The third-order valence-electron chi connectivity index (χ3n) is 4.48. The van der Waals surface area contributed by atoms with Crippen LogP contribution >= 0.6 is 0 Å². The summed E-state index contributed by atoms with van der Waals surface area (Å²) in [5, 5.41) is 11.4. The van der Waals surface area contributed by atoms with Gasteiger partial charge in [-0.2, -0.15) is 0 Å². The number of likely N-dealkylation sites (tertiary alicyclic amines) is 1. The van der Waals surface area contributed by atoms with Gasteiger partial charge in [0.25, 0.3) is 0 Å². The molecule has 0 radical (unpaired) electrons. The molecule has 0 atom stereocenters. The van der Waals surface area contributed by atoms with Gasteiger partial charge in [-0.05, 0) is 32.3 Å². The number of hydrogen-bond acceptors (Lipinski definition) is 4. The summed E-state index contributed by atoms with van der Waals surface area (Å²) in [6.45, 7) is 4.29. The average Bonchev–Trinajstić information content (AvgIpc) is 2.99. The molecule has 118 valence electrons. The van der Waals surface area contributed by atoms with Crippen molar-refractivity contribution < 1.29 is 24.0 Å². The Morgan fingerprint density at radius 3 is 2.73 bits per heavy atom. The maximum Gasteiger partial charge on any atom is 0.167 e. The summed E-state index contributed by atoms with van der Waals surface area (Å²) in [5.74, 6) is 0.198. The minimum atomic E-state index is -0.202. The van der Waals surface area contributed by atoms with Crippen molar-refractivity contribution in [2.24, 2.45) is 0 Å². The van der Waals surface area contributed by atoms with Gasteiger partial charge >= 0.3 is 0 Å². The maximum atomic E-state index is 12.0. The summed E-state index contributed by atoms with van der Waals surface area (Å²) >= 11 is 0. The van der Waals surface area contributed by atoms with Crippen LogP contribution in [-0.2, 0) is 6.54 Å². The summed E-state index contributed by atoms with van der Waals surface area (Å²) in [5.41, 5.74) is 1.59. The third-order valence-corrected chi connectivity index (χ3v) is 4.48. The molecule has 2 heterocycles. The molecule has 5 heteroatoms. The second kappa shape index (κ2) is 6.01. The van der Waals surface area contributed by atoms with Gasteiger partial charge in [0.1, 0.15) is 29.2 Å². The van der Waals surface area contributed by atoms with E-state index in [-0.39, 0.29) is 17.1 Å². The summed E-state index contributed by atoms with van der Waals surface area (Å²) in [4.78, 5) is 13.4. The van der Waals surface area contributed by atoms with Crippen molar-refractivity contribution in [3.63, 3.8) is 0 Å². The van der Waals surface area contributed by atoms with Crippen LogP contribution in [0.2, 0.25) is 0 Å². The molecule has 1 aromatic heterocycles. The van der Waals surface area contributed by atoms with Crippen LogP contribution < -0.4 is 9.64 Å². The molecule has 2 N–H and O–H groups in total. The van der Waals surface area contributed by atoms with Crippen LogP contribution in [0.3, 0.4) is 0 Å². The molecule has 0 amide bonds. The van der Waals surface area contributed by atoms with Crippen LogP contribution in [-0.4, -0.2) is 31.1 Å². The second-order valence-electron chi connectivity index (χ2n) is 5.94.